The van der Waals surface area contributed by atoms with Crippen LogP contribution in [0.4, 0.5) is 0 Å². The Kier molecular flexibility index (Phi) is 4.92. The average molecular weight is 290 g/mol. The predicted molar refractivity (Wildman–Crippen MR) is 79.7 cm³/mol. The Morgan fingerprint density at radius 3 is 2.29 bits per heavy atom. The summed E-state index contributed by atoms with van der Waals surface area (Å²) in [4.78, 5) is 0. The topological polar surface area (TPSA) is 63.5 Å². The van der Waals surface area contributed by atoms with Crippen LogP contribution in [0.15, 0.2) is 12.1 Å². The molecule has 2 rings (SSSR count). The normalized spacial score (nSPS) is 15.1. The van der Waals surface area contributed by atoms with Gasteiger partial charge in [-0.05, 0) is 37.6 Å². The third-order valence-corrected chi connectivity index (χ3v) is 3.84. The fourth-order valence-electron chi connectivity index (χ4n) is 2.32. The number of nitriles is 1. The summed E-state index contributed by atoms with van der Waals surface area (Å²) in [6.45, 7) is 1.25. The summed E-state index contributed by atoms with van der Waals surface area (Å²) in [7, 11) is 5.13. The lowest BCUT2D eigenvalue weighted by Crippen LogP contribution is -2.14. The van der Waals surface area contributed by atoms with Crippen LogP contribution in [-0.4, -0.2) is 27.9 Å². The quantitative estimate of drug-likeness (QED) is 0.797. The van der Waals surface area contributed by atoms with Gasteiger partial charge in [-0.3, -0.25) is 0 Å². The van der Waals surface area contributed by atoms with Gasteiger partial charge in [0.25, 0.3) is 0 Å². The average Bonchev–Trinajstić information content (AvgIpc) is 3.25. The van der Waals surface area contributed by atoms with Crippen LogP contribution in [0.25, 0.3) is 0 Å². The lowest BCUT2D eigenvalue weighted by molar-refractivity contribution is 0.217. The van der Waals surface area contributed by atoms with E-state index in [2.05, 4.69) is 11.4 Å². The van der Waals surface area contributed by atoms with E-state index in [1.807, 2.05) is 19.2 Å². The molecule has 0 atom stereocenters. The molecule has 0 spiro atoms. The minimum Gasteiger partial charge on any atom is -0.493 e. The van der Waals surface area contributed by atoms with Crippen LogP contribution in [0.2, 0.25) is 0 Å². The Morgan fingerprint density at radius 2 is 1.86 bits per heavy atom. The zero-order valence-corrected chi connectivity index (χ0v) is 12.9. The first-order chi connectivity index (χ1) is 10.2. The van der Waals surface area contributed by atoms with Crippen LogP contribution in [0, 0.1) is 16.7 Å². The largest absolute Gasteiger partial charge is 0.493 e. The SMILES string of the molecule is CNCc1cc(OC)c(OCC2(CC#N)CC2)c(OC)c1. The summed E-state index contributed by atoms with van der Waals surface area (Å²) in [5.74, 6) is 1.93. The second-order valence-corrected chi connectivity index (χ2v) is 5.48. The second-order valence-electron chi connectivity index (χ2n) is 5.48. The fraction of sp³-hybridized carbons (Fsp3) is 0.562. The molecule has 5 heteroatoms. The van der Waals surface area contributed by atoms with E-state index in [0.717, 1.165) is 24.9 Å². The van der Waals surface area contributed by atoms with Gasteiger partial charge in [0.15, 0.2) is 11.5 Å². The first-order valence-electron chi connectivity index (χ1n) is 7.07. The van der Waals surface area contributed by atoms with Gasteiger partial charge < -0.3 is 19.5 Å². The molecular weight excluding hydrogens is 268 g/mol. The molecule has 0 saturated heterocycles. The number of hydrogen-bond donors (Lipinski definition) is 1. The van der Waals surface area contributed by atoms with Crippen LogP contribution in [0.3, 0.4) is 0 Å². The predicted octanol–water partition coefficient (Wildman–Crippen LogP) is 2.50. The summed E-state index contributed by atoms with van der Waals surface area (Å²) in [5.41, 5.74) is 1.09. The summed E-state index contributed by atoms with van der Waals surface area (Å²) in [6.07, 6.45) is 2.63. The van der Waals surface area contributed by atoms with E-state index >= 15 is 0 Å². The van der Waals surface area contributed by atoms with Crippen LogP contribution < -0.4 is 19.5 Å². The van der Waals surface area contributed by atoms with Crippen molar-refractivity contribution in [2.75, 3.05) is 27.9 Å². The van der Waals surface area contributed by atoms with Crippen LogP contribution >= 0.6 is 0 Å². The number of nitrogens with zero attached hydrogens (tertiary/aromatic N) is 1. The molecule has 114 valence electrons. The van der Waals surface area contributed by atoms with Crippen LogP contribution in [-0.2, 0) is 6.54 Å². The van der Waals surface area contributed by atoms with Gasteiger partial charge in [-0.2, -0.15) is 5.26 Å². The Hall–Kier alpha value is -1.93. The van der Waals surface area contributed by atoms with Gasteiger partial charge in [-0.25, -0.2) is 0 Å². The van der Waals surface area contributed by atoms with Gasteiger partial charge in [0.1, 0.15) is 0 Å². The van der Waals surface area contributed by atoms with Crippen molar-refractivity contribution in [2.45, 2.75) is 25.8 Å². The lowest BCUT2D eigenvalue weighted by Gasteiger charge is -2.18. The maximum absolute atomic E-state index is 8.87. The minimum absolute atomic E-state index is 0.0222. The molecular formula is C16H22N2O3. The lowest BCUT2D eigenvalue weighted by atomic mass is 10.1. The van der Waals surface area contributed by atoms with Crippen molar-refractivity contribution < 1.29 is 14.2 Å². The number of ether oxygens (including phenoxy) is 3. The molecule has 0 amide bonds. The molecule has 5 nitrogen and oxygen atoms in total. The van der Waals surface area contributed by atoms with Crippen molar-refractivity contribution in [2.24, 2.45) is 5.41 Å². The third-order valence-electron chi connectivity index (χ3n) is 3.84. The third kappa shape index (κ3) is 3.59. The van der Waals surface area contributed by atoms with Crippen molar-refractivity contribution >= 4 is 0 Å². The summed E-state index contributed by atoms with van der Waals surface area (Å²) in [5, 5.41) is 12.0. The van der Waals surface area contributed by atoms with Gasteiger partial charge in [0, 0.05) is 18.4 Å². The highest BCUT2D eigenvalue weighted by atomic mass is 16.5. The highest BCUT2D eigenvalue weighted by molar-refractivity contribution is 5.54. The molecule has 1 aliphatic rings. The molecule has 0 aromatic heterocycles. The zero-order valence-electron chi connectivity index (χ0n) is 12.9. The van der Waals surface area contributed by atoms with Gasteiger partial charge in [0.05, 0.1) is 26.9 Å². The van der Waals surface area contributed by atoms with E-state index in [1.165, 1.54) is 0 Å². The zero-order chi connectivity index (χ0) is 15.3. The molecule has 1 aromatic rings. The molecule has 1 aromatic carbocycles. The van der Waals surface area contributed by atoms with Crippen molar-refractivity contribution in [1.82, 2.24) is 5.32 Å². The number of rotatable bonds is 8. The molecule has 21 heavy (non-hydrogen) atoms. The van der Waals surface area contributed by atoms with E-state index in [-0.39, 0.29) is 5.41 Å². The molecule has 1 saturated carbocycles. The van der Waals surface area contributed by atoms with E-state index < -0.39 is 0 Å². The van der Waals surface area contributed by atoms with Crippen LogP contribution in [0.1, 0.15) is 24.8 Å². The molecule has 0 heterocycles. The highest BCUT2D eigenvalue weighted by Gasteiger charge is 2.43. The van der Waals surface area contributed by atoms with Gasteiger partial charge in [-0.15, -0.1) is 0 Å². The molecule has 1 aliphatic carbocycles. The monoisotopic (exact) mass is 290 g/mol. The Bertz CT molecular complexity index is 508. The summed E-state index contributed by atoms with van der Waals surface area (Å²) >= 11 is 0. The van der Waals surface area contributed by atoms with E-state index in [0.29, 0.717) is 30.3 Å². The first kappa shape index (κ1) is 15.5. The standard InChI is InChI=1S/C16H22N2O3/c1-18-10-12-8-13(19-2)15(14(9-12)20-3)21-11-16(4-5-16)6-7-17/h8-9,18H,4-6,10-11H2,1-3H3. The maximum Gasteiger partial charge on any atom is 0.203 e. The molecule has 0 aliphatic heterocycles. The number of nitrogens with one attached hydrogen (secondary N) is 1. The number of hydrogen-bond acceptors (Lipinski definition) is 5. The number of methoxy groups -OCH3 is 2. The van der Waals surface area contributed by atoms with Crippen molar-refractivity contribution in [1.29, 1.82) is 5.26 Å². The van der Waals surface area contributed by atoms with Gasteiger partial charge in [0.2, 0.25) is 5.75 Å². The van der Waals surface area contributed by atoms with Crippen molar-refractivity contribution in [3.05, 3.63) is 17.7 Å². The second kappa shape index (κ2) is 6.68. The van der Waals surface area contributed by atoms with Gasteiger partial charge >= 0.3 is 0 Å². The molecule has 1 fully saturated rings. The van der Waals surface area contributed by atoms with Crippen LogP contribution in [0.5, 0.6) is 17.2 Å². The Labute approximate surface area is 125 Å². The molecule has 0 bridgehead atoms. The van der Waals surface area contributed by atoms with E-state index in [1.54, 1.807) is 14.2 Å². The highest BCUT2D eigenvalue weighted by Crippen LogP contribution is 2.50. The minimum atomic E-state index is 0.0222. The first-order valence-corrected chi connectivity index (χ1v) is 7.07. The maximum atomic E-state index is 8.87. The molecule has 0 radical (unpaired) electrons. The summed E-state index contributed by atoms with van der Waals surface area (Å²) < 4.78 is 16.8. The fourth-order valence-corrected chi connectivity index (χ4v) is 2.32. The van der Waals surface area contributed by atoms with E-state index in [4.69, 9.17) is 19.5 Å². The Balaban J connectivity index is 2.19. The summed E-state index contributed by atoms with van der Waals surface area (Å²) in [6, 6.07) is 6.12. The number of benzene rings is 1. The molecule has 0 unspecified atom stereocenters. The molecule has 1 N–H and O–H groups in total. The van der Waals surface area contributed by atoms with E-state index in [9.17, 15) is 0 Å². The van der Waals surface area contributed by atoms with Crippen molar-refractivity contribution in [3.63, 3.8) is 0 Å². The van der Waals surface area contributed by atoms with Gasteiger partial charge in [-0.1, -0.05) is 0 Å². The van der Waals surface area contributed by atoms with Crippen molar-refractivity contribution in [3.8, 4) is 23.3 Å². The smallest absolute Gasteiger partial charge is 0.203 e. The Morgan fingerprint density at radius 1 is 1.24 bits per heavy atom.